The molecule has 2 nitrogen and oxygen atoms in total. The number of rotatable bonds is 5. The highest BCUT2D eigenvalue weighted by Gasteiger charge is 2.12. The number of ether oxygens (including phenoxy) is 1. The second-order valence-electron chi connectivity index (χ2n) is 4.92. The van der Waals surface area contributed by atoms with Gasteiger partial charge in [0.2, 0.25) is 0 Å². The third kappa shape index (κ3) is 3.36. The van der Waals surface area contributed by atoms with Crippen LogP contribution < -0.4 is 10.1 Å². The topological polar surface area (TPSA) is 21.3 Å². The van der Waals surface area contributed by atoms with Crippen LogP contribution >= 0.6 is 0 Å². The Hall–Kier alpha value is -1.87. The maximum Gasteiger partial charge on any atom is 0.129 e. The first-order valence-electron chi connectivity index (χ1n) is 6.73. The predicted molar refractivity (Wildman–Crippen MR) is 79.6 cm³/mol. The quantitative estimate of drug-likeness (QED) is 0.895. The van der Waals surface area contributed by atoms with Crippen LogP contribution in [0.1, 0.15) is 22.7 Å². The molecule has 0 fully saturated rings. The summed E-state index contributed by atoms with van der Waals surface area (Å²) < 4.78 is 19.2. The van der Waals surface area contributed by atoms with E-state index in [9.17, 15) is 4.39 Å². The van der Waals surface area contributed by atoms with E-state index < -0.39 is 0 Å². The Morgan fingerprint density at radius 2 is 1.85 bits per heavy atom. The summed E-state index contributed by atoms with van der Waals surface area (Å²) in [7, 11) is 1.90. The standard InChI is InChI=1S/C17H20FNO/c1-12-6-4-5-7-15(12)17(19-3)11-20-14-9-8-13(2)16(18)10-14/h4-10,17,19H,11H2,1-3H3. The van der Waals surface area contributed by atoms with Crippen molar-refractivity contribution in [1.29, 1.82) is 0 Å². The first-order chi connectivity index (χ1) is 9.61. The van der Waals surface area contributed by atoms with Crippen molar-refractivity contribution in [3.8, 4) is 5.75 Å². The molecule has 2 aromatic rings. The summed E-state index contributed by atoms with van der Waals surface area (Å²) >= 11 is 0. The van der Waals surface area contributed by atoms with Crippen molar-refractivity contribution in [2.75, 3.05) is 13.7 Å². The van der Waals surface area contributed by atoms with E-state index in [1.165, 1.54) is 17.2 Å². The maximum atomic E-state index is 13.5. The molecule has 20 heavy (non-hydrogen) atoms. The molecule has 0 aliphatic heterocycles. The van der Waals surface area contributed by atoms with Crippen LogP contribution in [-0.2, 0) is 0 Å². The minimum atomic E-state index is -0.237. The van der Waals surface area contributed by atoms with Gasteiger partial charge in [0.25, 0.3) is 0 Å². The van der Waals surface area contributed by atoms with Crippen molar-refractivity contribution in [1.82, 2.24) is 5.32 Å². The molecule has 1 atom stereocenters. The van der Waals surface area contributed by atoms with Crippen LogP contribution in [0.5, 0.6) is 5.75 Å². The first-order valence-corrected chi connectivity index (χ1v) is 6.73. The average Bonchev–Trinajstić information content (AvgIpc) is 2.45. The second-order valence-corrected chi connectivity index (χ2v) is 4.92. The number of likely N-dealkylation sites (N-methyl/N-ethyl adjacent to an activating group) is 1. The number of nitrogens with one attached hydrogen (secondary N) is 1. The molecule has 1 N–H and O–H groups in total. The molecule has 2 rings (SSSR count). The van der Waals surface area contributed by atoms with Crippen LogP contribution in [0.3, 0.4) is 0 Å². The van der Waals surface area contributed by atoms with Gasteiger partial charge in [0.1, 0.15) is 18.2 Å². The third-order valence-corrected chi connectivity index (χ3v) is 3.47. The van der Waals surface area contributed by atoms with E-state index in [1.54, 1.807) is 19.1 Å². The Kier molecular flexibility index (Phi) is 4.74. The summed E-state index contributed by atoms with van der Waals surface area (Å²) in [6, 6.07) is 13.2. The number of benzene rings is 2. The molecule has 0 amide bonds. The molecule has 0 aromatic heterocycles. The average molecular weight is 273 g/mol. The SMILES string of the molecule is CNC(COc1ccc(C)c(F)c1)c1ccccc1C. The lowest BCUT2D eigenvalue weighted by Gasteiger charge is -2.19. The van der Waals surface area contributed by atoms with Crippen LogP contribution in [0, 0.1) is 19.7 Å². The highest BCUT2D eigenvalue weighted by Crippen LogP contribution is 2.20. The van der Waals surface area contributed by atoms with Crippen molar-refractivity contribution < 1.29 is 9.13 Å². The van der Waals surface area contributed by atoms with Gasteiger partial charge in [-0.1, -0.05) is 30.3 Å². The summed E-state index contributed by atoms with van der Waals surface area (Å²) in [5.74, 6) is 0.321. The highest BCUT2D eigenvalue weighted by atomic mass is 19.1. The third-order valence-electron chi connectivity index (χ3n) is 3.47. The van der Waals surface area contributed by atoms with E-state index in [0.29, 0.717) is 17.9 Å². The van der Waals surface area contributed by atoms with Crippen LogP contribution in [0.25, 0.3) is 0 Å². The maximum absolute atomic E-state index is 13.5. The fourth-order valence-corrected chi connectivity index (χ4v) is 2.15. The Bertz CT molecular complexity index is 583. The van der Waals surface area contributed by atoms with E-state index in [1.807, 2.05) is 19.2 Å². The van der Waals surface area contributed by atoms with E-state index >= 15 is 0 Å². The van der Waals surface area contributed by atoms with Gasteiger partial charge in [0.15, 0.2) is 0 Å². The van der Waals surface area contributed by atoms with Crippen molar-refractivity contribution in [2.24, 2.45) is 0 Å². The zero-order valence-electron chi connectivity index (χ0n) is 12.1. The van der Waals surface area contributed by atoms with E-state index in [4.69, 9.17) is 4.74 Å². The first kappa shape index (κ1) is 14.5. The van der Waals surface area contributed by atoms with Gasteiger partial charge >= 0.3 is 0 Å². The molecule has 0 aliphatic carbocycles. The Balaban J connectivity index is 2.08. The molecule has 2 aromatic carbocycles. The minimum absolute atomic E-state index is 0.0839. The lowest BCUT2D eigenvalue weighted by atomic mass is 10.0. The fourth-order valence-electron chi connectivity index (χ4n) is 2.15. The van der Waals surface area contributed by atoms with E-state index in [0.717, 1.165) is 0 Å². The zero-order valence-corrected chi connectivity index (χ0v) is 12.1. The van der Waals surface area contributed by atoms with Gasteiger partial charge < -0.3 is 10.1 Å². The summed E-state index contributed by atoms with van der Waals surface area (Å²) in [5, 5.41) is 3.24. The molecule has 1 unspecified atom stereocenters. The number of halogens is 1. The van der Waals surface area contributed by atoms with Crippen LogP contribution in [0.2, 0.25) is 0 Å². The lowest BCUT2D eigenvalue weighted by molar-refractivity contribution is 0.271. The van der Waals surface area contributed by atoms with Gasteiger partial charge in [-0.25, -0.2) is 4.39 Å². The predicted octanol–water partition coefficient (Wildman–Crippen LogP) is 3.78. The smallest absolute Gasteiger partial charge is 0.129 e. The van der Waals surface area contributed by atoms with Crippen molar-refractivity contribution in [3.63, 3.8) is 0 Å². The number of aryl methyl sites for hydroxylation is 2. The molecule has 0 aliphatic rings. The van der Waals surface area contributed by atoms with Crippen LogP contribution in [-0.4, -0.2) is 13.7 Å². The molecular formula is C17H20FNO. The molecule has 0 heterocycles. The molecule has 0 radical (unpaired) electrons. The van der Waals surface area contributed by atoms with Gasteiger partial charge in [-0.15, -0.1) is 0 Å². The van der Waals surface area contributed by atoms with E-state index in [2.05, 4.69) is 24.4 Å². The van der Waals surface area contributed by atoms with Crippen molar-refractivity contribution >= 4 is 0 Å². The summed E-state index contributed by atoms with van der Waals surface area (Å²) in [5.41, 5.74) is 3.04. The van der Waals surface area contributed by atoms with Gasteiger partial charge in [-0.05, 0) is 43.7 Å². The minimum Gasteiger partial charge on any atom is -0.492 e. The van der Waals surface area contributed by atoms with Gasteiger partial charge in [-0.3, -0.25) is 0 Å². The van der Waals surface area contributed by atoms with Crippen molar-refractivity contribution in [3.05, 3.63) is 65.0 Å². The molecule has 3 heteroatoms. The van der Waals surface area contributed by atoms with Crippen molar-refractivity contribution in [2.45, 2.75) is 19.9 Å². The zero-order chi connectivity index (χ0) is 14.5. The summed E-state index contributed by atoms with van der Waals surface area (Å²) in [6.07, 6.45) is 0. The van der Waals surface area contributed by atoms with Gasteiger partial charge in [0.05, 0.1) is 6.04 Å². The second kappa shape index (κ2) is 6.53. The van der Waals surface area contributed by atoms with Crippen LogP contribution in [0.15, 0.2) is 42.5 Å². The fraction of sp³-hybridized carbons (Fsp3) is 0.294. The Morgan fingerprint density at radius 3 is 2.50 bits per heavy atom. The number of hydrogen-bond acceptors (Lipinski definition) is 2. The largest absolute Gasteiger partial charge is 0.492 e. The Labute approximate surface area is 119 Å². The molecular weight excluding hydrogens is 253 g/mol. The Morgan fingerprint density at radius 1 is 1.10 bits per heavy atom. The molecule has 0 saturated heterocycles. The highest BCUT2D eigenvalue weighted by molar-refractivity contribution is 5.30. The monoisotopic (exact) mass is 273 g/mol. The molecule has 0 saturated carbocycles. The molecule has 0 spiro atoms. The number of hydrogen-bond donors (Lipinski definition) is 1. The summed E-state index contributed by atoms with van der Waals surface area (Å²) in [6.45, 7) is 4.28. The van der Waals surface area contributed by atoms with Gasteiger partial charge in [-0.2, -0.15) is 0 Å². The summed E-state index contributed by atoms with van der Waals surface area (Å²) in [4.78, 5) is 0. The molecule has 106 valence electrons. The normalized spacial score (nSPS) is 12.2. The van der Waals surface area contributed by atoms with Gasteiger partial charge in [0, 0.05) is 6.07 Å². The van der Waals surface area contributed by atoms with E-state index in [-0.39, 0.29) is 11.9 Å². The molecule has 0 bridgehead atoms. The lowest BCUT2D eigenvalue weighted by Crippen LogP contribution is -2.24. The van der Waals surface area contributed by atoms with Crippen LogP contribution in [0.4, 0.5) is 4.39 Å².